The van der Waals surface area contributed by atoms with Crippen LogP contribution in [-0.4, -0.2) is 44.9 Å². The van der Waals surface area contributed by atoms with E-state index < -0.39 is 5.60 Å². The smallest absolute Gasteiger partial charge is 0.219 e. The Morgan fingerprint density at radius 2 is 2.26 bits per heavy atom. The van der Waals surface area contributed by atoms with E-state index in [4.69, 9.17) is 32.7 Å². The molecule has 0 aliphatic carbocycles. The molecule has 0 radical (unpaired) electrons. The number of hydrogen-bond acceptors (Lipinski definition) is 4. The summed E-state index contributed by atoms with van der Waals surface area (Å²) in [5.74, 6) is -0.0291. The van der Waals surface area contributed by atoms with E-state index in [-0.39, 0.29) is 12.0 Å². The highest BCUT2D eigenvalue weighted by molar-refractivity contribution is 6.42. The maximum Gasteiger partial charge on any atom is 0.219 e. The minimum Gasteiger partial charge on any atom is -0.372 e. The first-order chi connectivity index (χ1) is 11.0. The minimum absolute atomic E-state index is 0.0291. The molecule has 1 aliphatic rings. The molecule has 0 bridgehead atoms. The van der Waals surface area contributed by atoms with Gasteiger partial charge in [-0.2, -0.15) is 0 Å². The molecule has 23 heavy (non-hydrogen) atoms. The van der Waals surface area contributed by atoms with Crippen molar-refractivity contribution in [3.8, 4) is 0 Å². The van der Waals surface area contributed by atoms with E-state index in [1.54, 1.807) is 19.2 Å². The van der Waals surface area contributed by atoms with Gasteiger partial charge in [0.25, 0.3) is 0 Å². The van der Waals surface area contributed by atoms with E-state index in [0.29, 0.717) is 42.7 Å². The molecule has 1 aromatic rings. The lowest BCUT2D eigenvalue weighted by molar-refractivity contribution is -0.130. The van der Waals surface area contributed by atoms with Gasteiger partial charge in [-0.15, -0.1) is 0 Å². The Hall–Kier alpha value is -0.850. The van der Waals surface area contributed by atoms with Gasteiger partial charge in [0, 0.05) is 26.6 Å². The van der Waals surface area contributed by atoms with Crippen molar-refractivity contribution < 1.29 is 14.3 Å². The van der Waals surface area contributed by atoms with Crippen LogP contribution < -0.4 is 10.6 Å². The zero-order valence-corrected chi connectivity index (χ0v) is 14.8. The first-order valence-corrected chi connectivity index (χ1v) is 8.37. The summed E-state index contributed by atoms with van der Waals surface area (Å²) in [7, 11) is 1.62. The molecule has 0 saturated carbocycles. The van der Waals surface area contributed by atoms with Gasteiger partial charge in [0.15, 0.2) is 0 Å². The van der Waals surface area contributed by atoms with Gasteiger partial charge in [0.1, 0.15) is 11.7 Å². The SMILES string of the molecule is CCC(=O)NCC1(OC)CNCCOC1c1ccc(Cl)c(Cl)c1. The van der Waals surface area contributed by atoms with Crippen LogP contribution in [-0.2, 0) is 14.3 Å². The third kappa shape index (κ3) is 4.37. The number of hydrogen-bond donors (Lipinski definition) is 2. The maximum absolute atomic E-state index is 11.7. The van der Waals surface area contributed by atoms with Crippen LogP contribution in [0.25, 0.3) is 0 Å². The van der Waals surface area contributed by atoms with Crippen LogP contribution in [0.3, 0.4) is 0 Å². The summed E-state index contributed by atoms with van der Waals surface area (Å²) in [5, 5.41) is 7.16. The summed E-state index contributed by atoms with van der Waals surface area (Å²) >= 11 is 12.2. The third-order valence-corrected chi connectivity index (χ3v) is 4.76. The summed E-state index contributed by atoms with van der Waals surface area (Å²) in [4.78, 5) is 11.7. The number of carbonyl (C=O) groups excluding carboxylic acids is 1. The zero-order chi connectivity index (χ0) is 16.9. The van der Waals surface area contributed by atoms with Crippen molar-refractivity contribution in [2.75, 3.05) is 33.4 Å². The van der Waals surface area contributed by atoms with Gasteiger partial charge in [-0.1, -0.05) is 36.2 Å². The van der Waals surface area contributed by atoms with Crippen molar-refractivity contribution in [1.82, 2.24) is 10.6 Å². The molecule has 1 saturated heterocycles. The summed E-state index contributed by atoms with van der Waals surface area (Å²) in [5.41, 5.74) is 0.147. The molecule has 0 aromatic heterocycles. The molecule has 1 heterocycles. The number of ether oxygens (including phenoxy) is 2. The van der Waals surface area contributed by atoms with E-state index in [2.05, 4.69) is 10.6 Å². The predicted octanol–water partition coefficient (Wildman–Crippen LogP) is 2.57. The van der Waals surface area contributed by atoms with E-state index in [0.717, 1.165) is 5.56 Å². The quantitative estimate of drug-likeness (QED) is 0.846. The van der Waals surface area contributed by atoms with Crippen molar-refractivity contribution in [1.29, 1.82) is 0 Å². The number of halogens is 2. The molecule has 0 spiro atoms. The number of amides is 1. The molecule has 2 atom stereocenters. The van der Waals surface area contributed by atoms with Crippen LogP contribution in [0.4, 0.5) is 0 Å². The molecule has 1 fully saturated rings. The van der Waals surface area contributed by atoms with Gasteiger partial charge in [0.05, 0.1) is 23.2 Å². The topological polar surface area (TPSA) is 59.6 Å². The lowest BCUT2D eigenvalue weighted by Crippen LogP contribution is -2.54. The van der Waals surface area contributed by atoms with Crippen LogP contribution in [0, 0.1) is 0 Å². The van der Waals surface area contributed by atoms with Crippen LogP contribution in [0.5, 0.6) is 0 Å². The Bertz CT molecular complexity index is 556. The van der Waals surface area contributed by atoms with Gasteiger partial charge in [-0.3, -0.25) is 4.79 Å². The van der Waals surface area contributed by atoms with Crippen LogP contribution in [0.1, 0.15) is 25.0 Å². The first kappa shape index (κ1) is 18.5. The maximum atomic E-state index is 11.7. The second kappa shape index (κ2) is 8.31. The van der Waals surface area contributed by atoms with E-state index >= 15 is 0 Å². The molecular formula is C16H22Cl2N2O3. The Balaban J connectivity index is 2.33. The average molecular weight is 361 g/mol. The Morgan fingerprint density at radius 3 is 2.91 bits per heavy atom. The second-order valence-electron chi connectivity index (χ2n) is 5.50. The summed E-state index contributed by atoms with van der Waals surface area (Å²) in [6.07, 6.45) is 0.0559. The molecule has 2 N–H and O–H groups in total. The summed E-state index contributed by atoms with van der Waals surface area (Å²) in [6.45, 7) is 3.96. The van der Waals surface area contributed by atoms with E-state index in [9.17, 15) is 4.79 Å². The number of benzene rings is 1. The molecule has 2 unspecified atom stereocenters. The van der Waals surface area contributed by atoms with Crippen LogP contribution >= 0.6 is 23.2 Å². The van der Waals surface area contributed by atoms with Gasteiger partial charge >= 0.3 is 0 Å². The zero-order valence-electron chi connectivity index (χ0n) is 13.3. The molecule has 5 nitrogen and oxygen atoms in total. The first-order valence-electron chi connectivity index (χ1n) is 7.61. The van der Waals surface area contributed by atoms with Gasteiger partial charge in [-0.25, -0.2) is 0 Å². The second-order valence-corrected chi connectivity index (χ2v) is 6.31. The summed E-state index contributed by atoms with van der Waals surface area (Å²) in [6, 6.07) is 5.40. The average Bonchev–Trinajstić information content (AvgIpc) is 2.78. The number of nitrogens with one attached hydrogen (secondary N) is 2. The van der Waals surface area contributed by atoms with E-state index in [1.165, 1.54) is 0 Å². The van der Waals surface area contributed by atoms with Crippen LogP contribution in [0.15, 0.2) is 18.2 Å². The molecule has 2 rings (SSSR count). The number of rotatable bonds is 5. The Morgan fingerprint density at radius 1 is 1.48 bits per heavy atom. The van der Waals surface area contributed by atoms with Crippen LogP contribution in [0.2, 0.25) is 10.0 Å². The van der Waals surface area contributed by atoms with Crippen molar-refractivity contribution in [2.24, 2.45) is 0 Å². The van der Waals surface area contributed by atoms with Crippen molar-refractivity contribution in [2.45, 2.75) is 25.0 Å². The Kier molecular flexibility index (Phi) is 6.68. The minimum atomic E-state index is -0.724. The highest BCUT2D eigenvalue weighted by atomic mass is 35.5. The lowest BCUT2D eigenvalue weighted by Gasteiger charge is -2.38. The fourth-order valence-corrected chi connectivity index (χ4v) is 2.96. The number of carbonyl (C=O) groups is 1. The van der Waals surface area contributed by atoms with Crippen molar-refractivity contribution in [3.63, 3.8) is 0 Å². The normalized spacial score (nSPS) is 25.0. The summed E-state index contributed by atoms with van der Waals surface area (Å²) < 4.78 is 11.8. The highest BCUT2D eigenvalue weighted by Gasteiger charge is 2.42. The molecule has 1 amide bonds. The van der Waals surface area contributed by atoms with Gasteiger partial charge in [-0.05, 0) is 17.7 Å². The third-order valence-electron chi connectivity index (χ3n) is 4.02. The standard InChI is InChI=1S/C16H22Cl2N2O3/c1-3-14(21)20-10-16(22-2)9-19-6-7-23-15(16)11-4-5-12(17)13(18)8-11/h4-5,8,15,19H,3,6-7,9-10H2,1-2H3,(H,20,21). The fourth-order valence-electron chi connectivity index (χ4n) is 2.65. The lowest BCUT2D eigenvalue weighted by atomic mass is 9.90. The Labute approximate surface area is 146 Å². The highest BCUT2D eigenvalue weighted by Crippen LogP contribution is 2.36. The van der Waals surface area contributed by atoms with Crippen molar-refractivity contribution >= 4 is 29.1 Å². The van der Waals surface area contributed by atoms with Crippen molar-refractivity contribution in [3.05, 3.63) is 33.8 Å². The largest absolute Gasteiger partial charge is 0.372 e. The van der Waals surface area contributed by atoms with Gasteiger partial charge in [0.2, 0.25) is 5.91 Å². The fraction of sp³-hybridized carbons (Fsp3) is 0.562. The molecule has 128 valence electrons. The monoisotopic (exact) mass is 360 g/mol. The molecular weight excluding hydrogens is 339 g/mol. The number of methoxy groups -OCH3 is 1. The van der Waals surface area contributed by atoms with E-state index in [1.807, 2.05) is 13.0 Å². The molecule has 1 aromatic carbocycles. The van der Waals surface area contributed by atoms with Gasteiger partial charge < -0.3 is 20.1 Å². The molecule has 1 aliphatic heterocycles. The molecule has 7 heteroatoms. The predicted molar refractivity (Wildman–Crippen MR) is 91.1 cm³/mol.